The van der Waals surface area contributed by atoms with Gasteiger partial charge in [0.15, 0.2) is 0 Å². The first-order valence-electron chi connectivity index (χ1n) is 6.23. The van der Waals surface area contributed by atoms with Gasteiger partial charge in [-0.15, -0.1) is 0 Å². The van der Waals surface area contributed by atoms with E-state index in [-0.39, 0.29) is 0 Å². The van der Waals surface area contributed by atoms with E-state index in [9.17, 15) is 0 Å². The summed E-state index contributed by atoms with van der Waals surface area (Å²) in [5.74, 6) is 1.38. The fourth-order valence-corrected chi connectivity index (χ4v) is 2.12. The van der Waals surface area contributed by atoms with E-state index in [2.05, 4.69) is 33.0 Å². The Bertz CT molecular complexity index is 145. The van der Waals surface area contributed by atoms with E-state index in [1.54, 1.807) is 0 Å². The van der Waals surface area contributed by atoms with E-state index in [4.69, 9.17) is 4.74 Å². The van der Waals surface area contributed by atoms with Crippen molar-refractivity contribution in [2.45, 2.75) is 59.1 Å². The molecule has 0 heterocycles. The summed E-state index contributed by atoms with van der Waals surface area (Å²) in [7, 11) is 3.85. The second kappa shape index (κ2) is 8.12. The van der Waals surface area contributed by atoms with Crippen molar-refractivity contribution in [2.75, 3.05) is 14.2 Å². The van der Waals surface area contributed by atoms with Gasteiger partial charge in [0.25, 0.3) is 0 Å². The van der Waals surface area contributed by atoms with Crippen LogP contribution in [0.3, 0.4) is 0 Å². The van der Waals surface area contributed by atoms with Crippen LogP contribution >= 0.6 is 0 Å². The van der Waals surface area contributed by atoms with Crippen molar-refractivity contribution in [1.82, 2.24) is 5.32 Å². The highest BCUT2D eigenvalue weighted by Crippen LogP contribution is 2.16. The van der Waals surface area contributed by atoms with Crippen molar-refractivity contribution in [3.05, 3.63) is 0 Å². The van der Waals surface area contributed by atoms with Gasteiger partial charge >= 0.3 is 0 Å². The van der Waals surface area contributed by atoms with E-state index >= 15 is 0 Å². The van der Waals surface area contributed by atoms with Gasteiger partial charge in [0.05, 0.1) is 6.10 Å². The molecule has 0 aliphatic carbocycles. The third-order valence-electron chi connectivity index (χ3n) is 2.99. The molecule has 2 heteroatoms. The molecule has 0 aliphatic heterocycles. The summed E-state index contributed by atoms with van der Waals surface area (Å²) in [5, 5.41) is 3.38. The molecule has 2 unspecified atom stereocenters. The molecule has 0 aromatic rings. The summed E-state index contributed by atoms with van der Waals surface area (Å²) in [6.07, 6.45) is 4.15. The summed E-state index contributed by atoms with van der Waals surface area (Å²) in [6.45, 7) is 9.01. The number of nitrogens with one attached hydrogen (secondary N) is 1. The maximum atomic E-state index is 5.56. The van der Waals surface area contributed by atoms with Crippen molar-refractivity contribution in [2.24, 2.45) is 11.8 Å². The van der Waals surface area contributed by atoms with E-state index in [0.29, 0.717) is 18.1 Å². The largest absolute Gasteiger partial charge is 0.380 e. The smallest absolute Gasteiger partial charge is 0.0746 e. The van der Waals surface area contributed by atoms with Gasteiger partial charge in [-0.2, -0.15) is 0 Å². The van der Waals surface area contributed by atoms with Crippen LogP contribution in [0.4, 0.5) is 0 Å². The minimum atomic E-state index is 0.335. The second-order valence-electron chi connectivity index (χ2n) is 5.16. The van der Waals surface area contributed by atoms with Crippen LogP contribution < -0.4 is 5.32 Å². The standard InChI is InChI=1S/C13H29NO/c1-10(2)8-7-9-12(14-5)13(15-6)11(3)4/h10-14H,7-9H2,1-6H3. The van der Waals surface area contributed by atoms with Crippen molar-refractivity contribution in [3.8, 4) is 0 Å². The minimum Gasteiger partial charge on any atom is -0.380 e. The molecule has 0 rings (SSSR count). The Morgan fingerprint density at radius 2 is 1.67 bits per heavy atom. The Kier molecular flexibility index (Phi) is 8.07. The van der Waals surface area contributed by atoms with Crippen LogP contribution in [0, 0.1) is 11.8 Å². The molecule has 92 valence electrons. The van der Waals surface area contributed by atoms with Crippen LogP contribution in [0.25, 0.3) is 0 Å². The molecule has 0 spiro atoms. The zero-order valence-corrected chi connectivity index (χ0v) is 11.3. The van der Waals surface area contributed by atoms with Crippen LogP contribution in [-0.4, -0.2) is 26.3 Å². The predicted molar refractivity (Wildman–Crippen MR) is 67.2 cm³/mol. The monoisotopic (exact) mass is 215 g/mol. The van der Waals surface area contributed by atoms with E-state index < -0.39 is 0 Å². The molecule has 2 nitrogen and oxygen atoms in total. The zero-order chi connectivity index (χ0) is 11.8. The molecule has 0 radical (unpaired) electrons. The van der Waals surface area contributed by atoms with Crippen LogP contribution in [0.5, 0.6) is 0 Å². The summed E-state index contributed by atoms with van der Waals surface area (Å²) in [5.41, 5.74) is 0. The zero-order valence-electron chi connectivity index (χ0n) is 11.3. The highest BCUT2D eigenvalue weighted by molar-refractivity contribution is 4.78. The number of ether oxygens (including phenoxy) is 1. The Balaban J connectivity index is 3.98. The molecule has 0 saturated carbocycles. The van der Waals surface area contributed by atoms with Crippen LogP contribution in [0.2, 0.25) is 0 Å². The van der Waals surface area contributed by atoms with Gasteiger partial charge in [-0.05, 0) is 25.3 Å². The summed E-state index contributed by atoms with van der Waals surface area (Å²) < 4.78 is 5.56. The fourth-order valence-electron chi connectivity index (χ4n) is 2.12. The number of likely N-dealkylation sites (N-methyl/N-ethyl adjacent to an activating group) is 1. The Hall–Kier alpha value is -0.0800. The van der Waals surface area contributed by atoms with Gasteiger partial charge in [-0.1, -0.05) is 40.5 Å². The predicted octanol–water partition coefficient (Wildman–Crippen LogP) is 3.07. The maximum absolute atomic E-state index is 5.56. The molecule has 0 amide bonds. The average molecular weight is 215 g/mol. The summed E-state index contributed by atoms with van der Waals surface area (Å²) >= 11 is 0. The molecule has 0 aliphatic rings. The van der Waals surface area contributed by atoms with Gasteiger partial charge in [0.1, 0.15) is 0 Å². The molecule has 2 atom stereocenters. The SMILES string of the molecule is CNC(CCCC(C)C)C(OC)C(C)C. The lowest BCUT2D eigenvalue weighted by Gasteiger charge is -2.29. The number of rotatable bonds is 8. The van der Waals surface area contributed by atoms with Crippen molar-refractivity contribution < 1.29 is 4.74 Å². The van der Waals surface area contributed by atoms with Crippen LogP contribution in [-0.2, 0) is 4.74 Å². The number of hydrogen-bond acceptors (Lipinski definition) is 2. The van der Waals surface area contributed by atoms with E-state index in [0.717, 1.165) is 5.92 Å². The second-order valence-corrected chi connectivity index (χ2v) is 5.16. The first-order chi connectivity index (χ1) is 7.02. The summed E-state index contributed by atoms with van der Waals surface area (Å²) in [6, 6.07) is 0.494. The lowest BCUT2D eigenvalue weighted by molar-refractivity contribution is 0.0320. The molecule has 0 aromatic heterocycles. The average Bonchev–Trinajstić information content (AvgIpc) is 2.15. The molecule has 0 bridgehead atoms. The molecule has 0 aromatic carbocycles. The number of methoxy groups -OCH3 is 1. The van der Waals surface area contributed by atoms with Gasteiger partial charge < -0.3 is 10.1 Å². The Labute approximate surface area is 95.8 Å². The van der Waals surface area contributed by atoms with Gasteiger partial charge in [-0.25, -0.2) is 0 Å². The highest BCUT2D eigenvalue weighted by Gasteiger charge is 2.22. The third-order valence-corrected chi connectivity index (χ3v) is 2.99. The quantitative estimate of drug-likeness (QED) is 0.672. The topological polar surface area (TPSA) is 21.3 Å². The summed E-state index contributed by atoms with van der Waals surface area (Å²) in [4.78, 5) is 0. The number of hydrogen-bond donors (Lipinski definition) is 1. The third kappa shape index (κ3) is 6.16. The fraction of sp³-hybridized carbons (Fsp3) is 1.00. The van der Waals surface area contributed by atoms with Crippen molar-refractivity contribution in [3.63, 3.8) is 0 Å². The molecular formula is C13H29NO. The lowest BCUT2D eigenvalue weighted by atomic mass is 9.94. The molecular weight excluding hydrogens is 186 g/mol. The molecule has 0 saturated heterocycles. The Morgan fingerprint density at radius 1 is 1.07 bits per heavy atom. The molecule has 0 fully saturated rings. The van der Waals surface area contributed by atoms with Gasteiger partial charge in [0.2, 0.25) is 0 Å². The van der Waals surface area contributed by atoms with E-state index in [1.165, 1.54) is 19.3 Å². The highest BCUT2D eigenvalue weighted by atomic mass is 16.5. The normalized spacial score (nSPS) is 16.0. The van der Waals surface area contributed by atoms with Crippen molar-refractivity contribution >= 4 is 0 Å². The minimum absolute atomic E-state index is 0.335. The molecule has 1 N–H and O–H groups in total. The molecule has 15 heavy (non-hydrogen) atoms. The first kappa shape index (κ1) is 14.9. The van der Waals surface area contributed by atoms with Crippen LogP contribution in [0.1, 0.15) is 47.0 Å². The van der Waals surface area contributed by atoms with E-state index in [1.807, 2.05) is 14.2 Å². The van der Waals surface area contributed by atoms with Crippen LogP contribution in [0.15, 0.2) is 0 Å². The Morgan fingerprint density at radius 3 is 2.00 bits per heavy atom. The maximum Gasteiger partial charge on any atom is 0.0746 e. The van der Waals surface area contributed by atoms with Crippen molar-refractivity contribution in [1.29, 1.82) is 0 Å². The first-order valence-corrected chi connectivity index (χ1v) is 6.23. The van der Waals surface area contributed by atoms with Gasteiger partial charge in [-0.3, -0.25) is 0 Å². The lowest BCUT2D eigenvalue weighted by Crippen LogP contribution is -2.42. The van der Waals surface area contributed by atoms with Gasteiger partial charge in [0, 0.05) is 13.2 Å².